The van der Waals surface area contributed by atoms with Crippen LogP contribution in [0.15, 0.2) is 84.9 Å². The summed E-state index contributed by atoms with van der Waals surface area (Å²) in [6.07, 6.45) is 3.62. The van der Waals surface area contributed by atoms with Gasteiger partial charge in [-0.3, -0.25) is 0 Å². The molecule has 0 aliphatic rings. The summed E-state index contributed by atoms with van der Waals surface area (Å²) >= 11 is 0. The van der Waals surface area contributed by atoms with Crippen LogP contribution in [0.2, 0.25) is 0 Å². The van der Waals surface area contributed by atoms with Gasteiger partial charge in [-0.05, 0) is 96.1 Å². The molecule has 0 radical (unpaired) electrons. The first-order valence-corrected chi connectivity index (χ1v) is 12.1. The smallest absolute Gasteiger partial charge is 0.135 e. The van der Waals surface area contributed by atoms with E-state index in [1.54, 1.807) is 38.5 Å². The summed E-state index contributed by atoms with van der Waals surface area (Å²) in [6, 6.07) is 24.8. The van der Waals surface area contributed by atoms with E-state index in [9.17, 15) is 10.2 Å². The lowest BCUT2D eigenvalue weighted by Crippen LogP contribution is -1.96. The molecule has 4 aromatic carbocycles. The zero-order valence-corrected chi connectivity index (χ0v) is 22.2. The Bertz CT molecular complexity index is 1360. The first-order chi connectivity index (χ1) is 18.9. The van der Waals surface area contributed by atoms with Gasteiger partial charge in [0.1, 0.15) is 46.0 Å². The molecule has 0 bridgehead atoms. The number of rotatable bonds is 10. The summed E-state index contributed by atoms with van der Waals surface area (Å²) in [5.74, 6) is 3.55. The second kappa shape index (κ2) is 12.5. The van der Waals surface area contributed by atoms with Gasteiger partial charge in [-0.25, -0.2) is 0 Å². The van der Waals surface area contributed by atoms with E-state index in [1.165, 1.54) is 26.4 Å². The van der Waals surface area contributed by atoms with E-state index in [2.05, 4.69) is 0 Å². The molecular formula is C32H30O7. The molecule has 2 N–H and O–H groups in total. The van der Waals surface area contributed by atoms with Crippen LogP contribution < -0.4 is 18.9 Å². The number of hydrogen-bond acceptors (Lipinski definition) is 7. The first-order valence-electron chi connectivity index (χ1n) is 12.1. The molecule has 4 aromatic rings. The largest absolute Gasteiger partial charge is 0.508 e. The second-order valence-corrected chi connectivity index (χ2v) is 8.50. The highest BCUT2D eigenvalue weighted by atomic mass is 16.5. The van der Waals surface area contributed by atoms with Crippen molar-refractivity contribution in [2.45, 2.75) is 0 Å². The Balaban J connectivity index is 1.87. The number of aromatic hydroxyl groups is 2. The Morgan fingerprint density at radius 2 is 0.846 bits per heavy atom. The van der Waals surface area contributed by atoms with Crippen molar-refractivity contribution in [3.8, 4) is 34.5 Å². The molecule has 39 heavy (non-hydrogen) atoms. The van der Waals surface area contributed by atoms with Crippen molar-refractivity contribution in [2.24, 2.45) is 0 Å². The van der Waals surface area contributed by atoms with E-state index in [0.29, 0.717) is 45.6 Å². The van der Waals surface area contributed by atoms with Gasteiger partial charge in [-0.1, -0.05) is 0 Å². The third-order valence-corrected chi connectivity index (χ3v) is 5.86. The third-order valence-electron chi connectivity index (χ3n) is 5.86. The maximum atomic E-state index is 10.2. The normalized spacial score (nSPS) is 11.6. The van der Waals surface area contributed by atoms with Crippen molar-refractivity contribution in [1.82, 2.24) is 0 Å². The van der Waals surface area contributed by atoms with Crippen molar-refractivity contribution in [2.75, 3.05) is 28.4 Å². The van der Waals surface area contributed by atoms with Crippen LogP contribution in [0.4, 0.5) is 0 Å². The Kier molecular flexibility index (Phi) is 8.64. The van der Waals surface area contributed by atoms with E-state index in [0.717, 1.165) is 11.1 Å². The van der Waals surface area contributed by atoms with Gasteiger partial charge in [0.25, 0.3) is 0 Å². The van der Waals surface area contributed by atoms with E-state index in [-0.39, 0.29) is 11.5 Å². The predicted octanol–water partition coefficient (Wildman–Crippen LogP) is 6.85. The molecule has 0 fully saturated rings. The van der Waals surface area contributed by atoms with Crippen molar-refractivity contribution < 1.29 is 33.9 Å². The van der Waals surface area contributed by atoms with Crippen molar-refractivity contribution >= 4 is 23.7 Å². The average Bonchev–Trinajstić information content (AvgIpc) is 2.95. The molecule has 7 heteroatoms. The Morgan fingerprint density at radius 3 is 1.18 bits per heavy atom. The molecule has 0 atom stereocenters. The number of methoxy groups -OCH3 is 4. The minimum Gasteiger partial charge on any atom is -0.508 e. The minimum atomic E-state index is 0.0625. The molecule has 4 rings (SSSR count). The van der Waals surface area contributed by atoms with Gasteiger partial charge in [0.15, 0.2) is 0 Å². The monoisotopic (exact) mass is 526 g/mol. The molecule has 0 saturated heterocycles. The van der Waals surface area contributed by atoms with Crippen LogP contribution in [0.1, 0.15) is 22.3 Å². The fourth-order valence-corrected chi connectivity index (χ4v) is 3.89. The zero-order valence-electron chi connectivity index (χ0n) is 22.2. The van der Waals surface area contributed by atoms with Crippen molar-refractivity contribution in [3.63, 3.8) is 0 Å². The van der Waals surface area contributed by atoms with Crippen molar-refractivity contribution in [1.29, 1.82) is 0 Å². The van der Waals surface area contributed by atoms with Gasteiger partial charge >= 0.3 is 0 Å². The molecule has 0 aliphatic carbocycles. The van der Waals surface area contributed by atoms with Crippen molar-refractivity contribution in [3.05, 3.63) is 107 Å². The van der Waals surface area contributed by atoms with Gasteiger partial charge < -0.3 is 33.9 Å². The lowest BCUT2D eigenvalue weighted by molar-refractivity contribution is 0.407. The maximum absolute atomic E-state index is 10.2. The van der Waals surface area contributed by atoms with E-state index in [4.69, 9.17) is 23.7 Å². The molecule has 0 unspecified atom stereocenters. The highest BCUT2D eigenvalue weighted by Crippen LogP contribution is 2.33. The summed E-state index contributed by atoms with van der Waals surface area (Å²) in [5.41, 5.74) is 2.88. The summed E-state index contributed by atoms with van der Waals surface area (Å²) < 4.78 is 27.9. The van der Waals surface area contributed by atoms with Crippen LogP contribution in [-0.2, 0) is 4.74 Å². The van der Waals surface area contributed by atoms with Gasteiger partial charge in [0.2, 0.25) is 0 Å². The molecular weight excluding hydrogens is 496 g/mol. The van der Waals surface area contributed by atoms with Gasteiger partial charge in [-0.2, -0.15) is 0 Å². The number of phenolic OH excluding ortho intramolecular Hbond substituents is 2. The number of phenols is 2. The summed E-state index contributed by atoms with van der Waals surface area (Å²) in [4.78, 5) is 0. The fourth-order valence-electron chi connectivity index (χ4n) is 3.89. The van der Waals surface area contributed by atoms with Gasteiger partial charge in [0, 0.05) is 23.3 Å². The topological polar surface area (TPSA) is 86.6 Å². The fraction of sp³-hybridized carbons (Fsp3) is 0.125. The zero-order chi connectivity index (χ0) is 27.8. The Labute approximate surface area is 227 Å². The summed E-state index contributed by atoms with van der Waals surface area (Å²) in [5, 5.41) is 20.5. The summed E-state index contributed by atoms with van der Waals surface area (Å²) in [7, 11) is 6.29. The highest BCUT2D eigenvalue weighted by molar-refractivity contribution is 5.86. The SMILES string of the molecule is COc1ccc(/C(=C\c2cc(O)cc(OC)c2)O/C(=C/c2cc(O)cc(OC)c2)c2ccc(OC)cc2)cc1. The minimum absolute atomic E-state index is 0.0625. The molecule has 0 aliphatic heterocycles. The average molecular weight is 527 g/mol. The lowest BCUT2D eigenvalue weighted by Gasteiger charge is -2.16. The molecule has 7 nitrogen and oxygen atoms in total. The second-order valence-electron chi connectivity index (χ2n) is 8.50. The molecule has 0 saturated carbocycles. The third kappa shape index (κ3) is 7.05. The molecule has 0 aromatic heterocycles. The van der Waals surface area contributed by atoms with Gasteiger partial charge in [-0.15, -0.1) is 0 Å². The van der Waals surface area contributed by atoms with E-state index >= 15 is 0 Å². The number of benzene rings is 4. The van der Waals surface area contributed by atoms with Crippen LogP contribution in [0.25, 0.3) is 23.7 Å². The number of ether oxygens (including phenoxy) is 5. The van der Waals surface area contributed by atoms with E-state index < -0.39 is 0 Å². The summed E-state index contributed by atoms with van der Waals surface area (Å²) in [6.45, 7) is 0. The van der Waals surface area contributed by atoms with Crippen LogP contribution >= 0.6 is 0 Å². The standard InChI is InChI=1S/C32H30O7/c1-35-27-9-5-23(6-10-27)31(17-21-13-25(33)19-29(15-21)37-3)39-32(24-7-11-28(36-2)12-8-24)18-22-14-26(34)20-30(16-22)38-4/h5-20,33-34H,1-4H3/b31-17+,32-18+. The molecule has 0 spiro atoms. The van der Waals surface area contributed by atoms with Crippen LogP contribution in [0, 0.1) is 0 Å². The van der Waals surface area contributed by atoms with Crippen LogP contribution in [0.5, 0.6) is 34.5 Å². The lowest BCUT2D eigenvalue weighted by atomic mass is 10.1. The quantitative estimate of drug-likeness (QED) is 0.173. The van der Waals surface area contributed by atoms with Gasteiger partial charge in [0.05, 0.1) is 28.4 Å². The van der Waals surface area contributed by atoms with E-state index in [1.807, 2.05) is 60.7 Å². The Hall–Kier alpha value is -5.04. The molecule has 0 amide bonds. The molecule has 0 heterocycles. The number of hydrogen-bond donors (Lipinski definition) is 2. The predicted molar refractivity (Wildman–Crippen MR) is 152 cm³/mol. The first kappa shape index (κ1) is 27.0. The van der Waals surface area contributed by atoms with Crippen LogP contribution in [0.3, 0.4) is 0 Å². The molecule has 200 valence electrons. The maximum Gasteiger partial charge on any atom is 0.135 e. The van der Waals surface area contributed by atoms with Crippen LogP contribution in [-0.4, -0.2) is 38.7 Å². The highest BCUT2D eigenvalue weighted by Gasteiger charge is 2.13. The Morgan fingerprint density at radius 1 is 0.487 bits per heavy atom.